The van der Waals surface area contributed by atoms with Gasteiger partial charge >= 0.3 is 0 Å². The van der Waals surface area contributed by atoms with Crippen molar-refractivity contribution >= 4 is 39.6 Å². The smallest absolute Gasteiger partial charge is 0.271 e. The highest BCUT2D eigenvalue weighted by Crippen LogP contribution is 2.27. The Morgan fingerprint density at radius 3 is 2.33 bits per heavy atom. The maximum atomic E-state index is 12.2. The monoisotopic (exact) mass is 511 g/mol. The van der Waals surface area contributed by atoms with Crippen LogP contribution in [0.15, 0.2) is 76.3 Å². The maximum absolute atomic E-state index is 12.2. The van der Waals surface area contributed by atoms with Crippen LogP contribution in [0.25, 0.3) is 0 Å². The number of halogens is 1. The van der Waals surface area contributed by atoms with Crippen LogP contribution < -0.4 is 25.0 Å². The summed E-state index contributed by atoms with van der Waals surface area (Å²) in [4.78, 5) is 24.3. The van der Waals surface area contributed by atoms with Gasteiger partial charge in [0.1, 0.15) is 5.75 Å². The lowest BCUT2D eigenvalue weighted by Crippen LogP contribution is -2.20. The van der Waals surface area contributed by atoms with Gasteiger partial charge in [-0.25, -0.2) is 5.43 Å². The van der Waals surface area contributed by atoms with Crippen LogP contribution in [0.4, 0.5) is 5.69 Å². The minimum atomic E-state index is -0.325. The summed E-state index contributed by atoms with van der Waals surface area (Å²) in [5.41, 5.74) is 4.27. The van der Waals surface area contributed by atoms with Gasteiger partial charge in [0, 0.05) is 15.7 Å². The van der Waals surface area contributed by atoms with Crippen molar-refractivity contribution in [3.63, 3.8) is 0 Å². The summed E-state index contributed by atoms with van der Waals surface area (Å²) in [6.45, 7) is -0.195. The third-order valence-corrected chi connectivity index (χ3v) is 4.94. The van der Waals surface area contributed by atoms with Crippen molar-refractivity contribution in [2.45, 2.75) is 0 Å². The van der Waals surface area contributed by atoms with Crippen LogP contribution in [0.1, 0.15) is 15.9 Å². The Bertz CT molecular complexity index is 1130. The average molecular weight is 512 g/mol. The molecule has 0 spiro atoms. The van der Waals surface area contributed by atoms with E-state index in [1.807, 2.05) is 0 Å². The summed E-state index contributed by atoms with van der Waals surface area (Å²) in [6, 6.07) is 19.0. The highest BCUT2D eigenvalue weighted by molar-refractivity contribution is 9.10. The van der Waals surface area contributed by atoms with Crippen LogP contribution in [-0.4, -0.2) is 38.9 Å². The molecule has 0 atom stereocenters. The molecule has 0 aliphatic rings. The van der Waals surface area contributed by atoms with Gasteiger partial charge < -0.3 is 19.5 Å². The van der Waals surface area contributed by atoms with Crippen LogP contribution in [0.3, 0.4) is 0 Å². The van der Waals surface area contributed by atoms with Gasteiger partial charge in [0.2, 0.25) is 0 Å². The lowest BCUT2D eigenvalue weighted by molar-refractivity contribution is -0.118. The highest BCUT2D eigenvalue weighted by atomic mass is 79.9. The molecule has 0 heterocycles. The molecule has 170 valence electrons. The third-order valence-electron chi connectivity index (χ3n) is 4.41. The largest absolute Gasteiger partial charge is 0.497 e. The number of ether oxygens (including phenoxy) is 3. The summed E-state index contributed by atoms with van der Waals surface area (Å²) in [7, 11) is 3.07. The number of amides is 2. The number of hydrogen-bond acceptors (Lipinski definition) is 6. The van der Waals surface area contributed by atoms with E-state index in [1.54, 1.807) is 73.8 Å². The SMILES string of the molecule is COc1ccc(NC(=O)COc2ccc(/C=N/NC(=O)c3ccc(Br)cc3)cc2OC)cc1. The van der Waals surface area contributed by atoms with E-state index in [9.17, 15) is 9.59 Å². The zero-order valence-corrected chi connectivity index (χ0v) is 19.6. The van der Waals surface area contributed by atoms with Gasteiger partial charge in [0.25, 0.3) is 11.8 Å². The van der Waals surface area contributed by atoms with Crippen molar-refractivity contribution < 1.29 is 23.8 Å². The summed E-state index contributed by atoms with van der Waals surface area (Å²) in [5, 5.41) is 6.72. The van der Waals surface area contributed by atoms with Gasteiger partial charge in [0.15, 0.2) is 18.1 Å². The van der Waals surface area contributed by atoms with Crippen LogP contribution in [0.2, 0.25) is 0 Å². The Morgan fingerprint density at radius 2 is 1.67 bits per heavy atom. The number of anilines is 1. The molecule has 0 saturated carbocycles. The van der Waals surface area contributed by atoms with E-state index in [0.717, 1.165) is 4.47 Å². The van der Waals surface area contributed by atoms with Gasteiger partial charge in [-0.15, -0.1) is 0 Å². The number of carbonyl (C=O) groups excluding carboxylic acids is 2. The summed E-state index contributed by atoms with van der Waals surface area (Å²) >= 11 is 3.33. The fourth-order valence-electron chi connectivity index (χ4n) is 2.73. The van der Waals surface area contributed by atoms with Crippen molar-refractivity contribution in [3.8, 4) is 17.2 Å². The summed E-state index contributed by atoms with van der Waals surface area (Å²) in [6.07, 6.45) is 1.49. The molecule has 2 amide bonds. The Balaban J connectivity index is 1.54. The number of hydrogen-bond donors (Lipinski definition) is 2. The lowest BCUT2D eigenvalue weighted by Gasteiger charge is -2.11. The van der Waals surface area contributed by atoms with Gasteiger partial charge in [-0.1, -0.05) is 15.9 Å². The highest BCUT2D eigenvalue weighted by Gasteiger charge is 2.09. The van der Waals surface area contributed by atoms with E-state index in [0.29, 0.717) is 34.1 Å². The zero-order chi connectivity index (χ0) is 23.6. The number of rotatable bonds is 9. The molecule has 0 aromatic heterocycles. The number of nitrogens with zero attached hydrogens (tertiary/aromatic N) is 1. The van der Waals surface area contributed by atoms with Crippen molar-refractivity contribution in [3.05, 3.63) is 82.3 Å². The summed E-state index contributed by atoms with van der Waals surface area (Å²) < 4.78 is 16.9. The quantitative estimate of drug-likeness (QED) is 0.330. The van der Waals surface area contributed by atoms with Gasteiger partial charge in [0.05, 0.1) is 20.4 Å². The van der Waals surface area contributed by atoms with Crippen molar-refractivity contribution in [2.75, 3.05) is 26.1 Å². The molecule has 33 heavy (non-hydrogen) atoms. The first kappa shape index (κ1) is 23.8. The molecule has 9 heteroatoms. The first-order valence-corrected chi connectivity index (χ1v) is 10.6. The molecule has 3 aromatic rings. The van der Waals surface area contributed by atoms with E-state index in [1.165, 1.54) is 13.3 Å². The van der Waals surface area contributed by atoms with E-state index < -0.39 is 0 Å². The molecule has 3 aromatic carbocycles. The molecule has 3 rings (SSSR count). The molecule has 0 saturated heterocycles. The lowest BCUT2D eigenvalue weighted by atomic mass is 10.2. The van der Waals surface area contributed by atoms with E-state index in [4.69, 9.17) is 14.2 Å². The minimum absolute atomic E-state index is 0.195. The topological polar surface area (TPSA) is 98.3 Å². The van der Waals surface area contributed by atoms with Crippen LogP contribution in [0, 0.1) is 0 Å². The molecule has 0 bridgehead atoms. The molecule has 0 aliphatic carbocycles. The normalized spacial score (nSPS) is 10.5. The zero-order valence-electron chi connectivity index (χ0n) is 18.0. The summed E-state index contributed by atoms with van der Waals surface area (Å²) in [5.74, 6) is 0.886. The Kier molecular flexibility index (Phi) is 8.43. The van der Waals surface area contributed by atoms with Crippen molar-refractivity contribution in [2.24, 2.45) is 5.10 Å². The molecule has 0 fully saturated rings. The van der Waals surface area contributed by atoms with E-state index >= 15 is 0 Å². The van der Waals surface area contributed by atoms with Gasteiger partial charge in [-0.05, 0) is 72.3 Å². The van der Waals surface area contributed by atoms with Gasteiger partial charge in [-0.2, -0.15) is 5.10 Å². The first-order chi connectivity index (χ1) is 16.0. The molecular weight excluding hydrogens is 490 g/mol. The van der Waals surface area contributed by atoms with E-state index in [-0.39, 0.29) is 18.4 Å². The third kappa shape index (κ3) is 7.08. The van der Waals surface area contributed by atoms with E-state index in [2.05, 4.69) is 31.8 Å². The molecule has 0 aliphatic heterocycles. The van der Waals surface area contributed by atoms with Crippen molar-refractivity contribution in [1.82, 2.24) is 5.43 Å². The second-order valence-corrected chi connectivity index (χ2v) is 7.60. The number of benzene rings is 3. The predicted octanol–water partition coefficient (Wildman–Crippen LogP) is 4.25. The molecule has 2 N–H and O–H groups in total. The van der Waals surface area contributed by atoms with Crippen LogP contribution >= 0.6 is 15.9 Å². The standard InChI is InChI=1S/C24H22BrN3O5/c1-31-20-10-8-19(9-11-20)27-23(29)15-33-21-12-3-16(13-22(21)32-2)14-26-28-24(30)17-4-6-18(25)7-5-17/h3-14H,15H2,1-2H3,(H,27,29)(H,28,30)/b26-14+. The number of hydrazone groups is 1. The fourth-order valence-corrected chi connectivity index (χ4v) is 2.99. The Hall–Kier alpha value is -3.85. The molecule has 8 nitrogen and oxygen atoms in total. The van der Waals surface area contributed by atoms with Crippen LogP contribution in [-0.2, 0) is 4.79 Å². The fraction of sp³-hybridized carbons (Fsp3) is 0.125. The number of methoxy groups -OCH3 is 2. The maximum Gasteiger partial charge on any atom is 0.271 e. The second kappa shape index (κ2) is 11.7. The Morgan fingerprint density at radius 1 is 0.939 bits per heavy atom. The number of nitrogens with one attached hydrogen (secondary N) is 2. The second-order valence-electron chi connectivity index (χ2n) is 6.68. The predicted molar refractivity (Wildman–Crippen MR) is 129 cm³/mol. The number of carbonyl (C=O) groups is 2. The molecular formula is C24H22BrN3O5. The molecule has 0 radical (unpaired) electrons. The Labute approximate surface area is 199 Å². The van der Waals surface area contributed by atoms with Gasteiger partial charge in [-0.3, -0.25) is 9.59 Å². The van der Waals surface area contributed by atoms with Crippen LogP contribution in [0.5, 0.6) is 17.2 Å². The molecule has 0 unspecified atom stereocenters. The van der Waals surface area contributed by atoms with Crippen molar-refractivity contribution in [1.29, 1.82) is 0 Å². The average Bonchev–Trinajstić information content (AvgIpc) is 2.84. The minimum Gasteiger partial charge on any atom is -0.497 e. The first-order valence-electron chi connectivity index (χ1n) is 9.82.